The SMILES string of the molecule is CSC1CCCC(n2c(C)c(CC(=O)O)c(C)nc2=O)C1. The average Bonchev–Trinajstić information content (AvgIpc) is 2.43. The van der Waals surface area contributed by atoms with Crippen LogP contribution in [0.5, 0.6) is 0 Å². The molecule has 0 spiro atoms. The topological polar surface area (TPSA) is 72.2 Å². The first-order valence-corrected chi connectivity index (χ1v) is 8.56. The third-order valence-electron chi connectivity index (χ3n) is 4.33. The molecule has 1 aromatic heterocycles. The fraction of sp³-hybridized carbons (Fsp3) is 0.667. The van der Waals surface area contributed by atoms with Gasteiger partial charge in [-0.25, -0.2) is 4.79 Å². The van der Waals surface area contributed by atoms with Crippen LogP contribution < -0.4 is 5.69 Å². The molecule has 1 aromatic rings. The van der Waals surface area contributed by atoms with Crippen molar-refractivity contribution >= 4 is 17.7 Å². The van der Waals surface area contributed by atoms with Gasteiger partial charge in [-0.05, 0) is 39.4 Å². The lowest BCUT2D eigenvalue weighted by Crippen LogP contribution is -2.34. The lowest BCUT2D eigenvalue weighted by molar-refractivity contribution is -0.136. The number of aryl methyl sites for hydroxylation is 1. The maximum Gasteiger partial charge on any atom is 0.348 e. The van der Waals surface area contributed by atoms with E-state index in [1.54, 1.807) is 11.5 Å². The fourth-order valence-corrected chi connectivity index (χ4v) is 4.04. The predicted molar refractivity (Wildman–Crippen MR) is 84.1 cm³/mol. The Bertz CT molecular complexity index is 597. The van der Waals surface area contributed by atoms with Gasteiger partial charge in [0.05, 0.1) is 6.42 Å². The van der Waals surface area contributed by atoms with E-state index in [9.17, 15) is 9.59 Å². The number of rotatable bonds is 4. The summed E-state index contributed by atoms with van der Waals surface area (Å²) < 4.78 is 1.73. The molecule has 0 amide bonds. The van der Waals surface area contributed by atoms with Crippen molar-refractivity contribution in [1.82, 2.24) is 9.55 Å². The van der Waals surface area contributed by atoms with Crippen molar-refractivity contribution in [2.24, 2.45) is 0 Å². The van der Waals surface area contributed by atoms with Crippen LogP contribution in [0.4, 0.5) is 0 Å². The van der Waals surface area contributed by atoms with Crippen LogP contribution >= 0.6 is 11.8 Å². The van der Waals surface area contributed by atoms with Crippen LogP contribution in [-0.4, -0.2) is 32.1 Å². The molecule has 116 valence electrons. The minimum Gasteiger partial charge on any atom is -0.481 e. The number of thioether (sulfide) groups is 1. The molecule has 2 unspecified atom stereocenters. The Balaban J connectivity index is 2.43. The number of carbonyl (C=O) groups is 1. The minimum atomic E-state index is -0.890. The predicted octanol–water partition coefficient (Wildman–Crippen LogP) is 2.33. The molecular formula is C15H22N2O3S. The molecule has 0 radical (unpaired) electrons. The first-order valence-electron chi connectivity index (χ1n) is 7.27. The van der Waals surface area contributed by atoms with Gasteiger partial charge < -0.3 is 5.11 Å². The molecule has 5 nitrogen and oxygen atoms in total. The molecular weight excluding hydrogens is 288 g/mol. The molecule has 6 heteroatoms. The third kappa shape index (κ3) is 3.48. The zero-order valence-electron chi connectivity index (χ0n) is 12.8. The number of aliphatic carboxylic acids is 1. The minimum absolute atomic E-state index is 0.0797. The molecule has 1 heterocycles. The highest BCUT2D eigenvalue weighted by Gasteiger charge is 2.26. The number of carboxylic acids is 1. The summed E-state index contributed by atoms with van der Waals surface area (Å²) in [5.41, 5.74) is 1.73. The number of nitrogens with zero attached hydrogens (tertiary/aromatic N) is 2. The van der Waals surface area contributed by atoms with Crippen LogP contribution in [0.2, 0.25) is 0 Å². The van der Waals surface area contributed by atoms with Gasteiger partial charge in [0.15, 0.2) is 0 Å². The van der Waals surface area contributed by atoms with Crippen molar-refractivity contribution in [3.8, 4) is 0 Å². The van der Waals surface area contributed by atoms with Gasteiger partial charge in [0, 0.05) is 28.2 Å². The Morgan fingerprint density at radius 1 is 1.43 bits per heavy atom. The number of aromatic nitrogens is 2. The zero-order chi connectivity index (χ0) is 15.6. The standard InChI is InChI=1S/C15H22N2O3S/c1-9-13(8-14(18)19)10(2)17(15(20)16-9)11-5-4-6-12(7-11)21-3/h11-12H,4-8H2,1-3H3,(H,18,19). The number of hydrogen-bond acceptors (Lipinski definition) is 4. The highest BCUT2D eigenvalue weighted by atomic mass is 32.2. The van der Waals surface area contributed by atoms with Gasteiger partial charge in [-0.1, -0.05) is 6.42 Å². The van der Waals surface area contributed by atoms with E-state index in [1.165, 1.54) is 6.42 Å². The molecule has 0 aliphatic heterocycles. The maximum atomic E-state index is 12.3. The van der Waals surface area contributed by atoms with Crippen LogP contribution in [0.25, 0.3) is 0 Å². The Labute approximate surface area is 128 Å². The number of hydrogen-bond donors (Lipinski definition) is 1. The summed E-state index contributed by atoms with van der Waals surface area (Å²) in [6.07, 6.45) is 6.24. The summed E-state index contributed by atoms with van der Waals surface area (Å²) in [5.74, 6) is -0.890. The highest BCUT2D eigenvalue weighted by molar-refractivity contribution is 7.99. The van der Waals surface area contributed by atoms with E-state index in [-0.39, 0.29) is 18.2 Å². The fourth-order valence-electron chi connectivity index (χ4n) is 3.22. The van der Waals surface area contributed by atoms with Crippen molar-refractivity contribution in [3.63, 3.8) is 0 Å². The molecule has 1 aliphatic rings. The van der Waals surface area contributed by atoms with Crippen molar-refractivity contribution in [2.45, 2.75) is 57.2 Å². The molecule has 2 atom stereocenters. The van der Waals surface area contributed by atoms with Crippen molar-refractivity contribution in [3.05, 3.63) is 27.4 Å². The zero-order valence-corrected chi connectivity index (χ0v) is 13.6. The Hall–Kier alpha value is -1.30. The molecule has 21 heavy (non-hydrogen) atoms. The molecule has 1 aliphatic carbocycles. The summed E-state index contributed by atoms with van der Waals surface area (Å²) in [7, 11) is 0. The van der Waals surface area contributed by atoms with E-state index < -0.39 is 5.97 Å². The van der Waals surface area contributed by atoms with Crippen molar-refractivity contribution in [2.75, 3.05) is 6.26 Å². The van der Waals surface area contributed by atoms with Gasteiger partial charge >= 0.3 is 11.7 Å². The molecule has 1 fully saturated rings. The van der Waals surface area contributed by atoms with E-state index in [1.807, 2.05) is 18.7 Å². The average molecular weight is 310 g/mol. The van der Waals surface area contributed by atoms with Crippen LogP contribution in [-0.2, 0) is 11.2 Å². The van der Waals surface area contributed by atoms with Gasteiger partial charge in [-0.3, -0.25) is 9.36 Å². The van der Waals surface area contributed by atoms with Gasteiger partial charge in [0.2, 0.25) is 0 Å². The smallest absolute Gasteiger partial charge is 0.348 e. The second-order valence-electron chi connectivity index (χ2n) is 5.66. The van der Waals surface area contributed by atoms with Gasteiger partial charge in [0.1, 0.15) is 0 Å². The number of carboxylic acid groups (broad SMARTS) is 1. The quantitative estimate of drug-likeness (QED) is 0.924. The largest absolute Gasteiger partial charge is 0.481 e. The molecule has 0 saturated heterocycles. The summed E-state index contributed by atoms with van der Waals surface area (Å²) in [6.45, 7) is 3.56. The summed E-state index contributed by atoms with van der Waals surface area (Å²) in [5, 5.41) is 9.62. The first kappa shape index (κ1) is 16.1. The first-order chi connectivity index (χ1) is 9.93. The van der Waals surface area contributed by atoms with E-state index in [4.69, 9.17) is 5.11 Å². The lowest BCUT2D eigenvalue weighted by atomic mass is 9.94. The Kier molecular flexibility index (Phi) is 5.08. The van der Waals surface area contributed by atoms with Crippen LogP contribution in [0.3, 0.4) is 0 Å². The molecule has 0 bridgehead atoms. The summed E-state index contributed by atoms with van der Waals surface area (Å²) >= 11 is 1.84. The van der Waals surface area contributed by atoms with Gasteiger partial charge in [-0.2, -0.15) is 16.7 Å². The monoisotopic (exact) mass is 310 g/mol. The van der Waals surface area contributed by atoms with Crippen LogP contribution in [0, 0.1) is 13.8 Å². The second kappa shape index (κ2) is 6.64. The Morgan fingerprint density at radius 2 is 2.14 bits per heavy atom. The van der Waals surface area contributed by atoms with E-state index in [0.717, 1.165) is 25.0 Å². The van der Waals surface area contributed by atoms with E-state index >= 15 is 0 Å². The summed E-state index contributed by atoms with van der Waals surface area (Å²) in [4.78, 5) is 27.4. The molecule has 0 aromatic carbocycles. The normalized spacial score (nSPS) is 22.2. The highest BCUT2D eigenvalue weighted by Crippen LogP contribution is 2.34. The molecule has 2 rings (SSSR count). The Morgan fingerprint density at radius 3 is 2.76 bits per heavy atom. The van der Waals surface area contributed by atoms with Crippen molar-refractivity contribution < 1.29 is 9.90 Å². The maximum absolute atomic E-state index is 12.3. The van der Waals surface area contributed by atoms with Crippen LogP contribution in [0.15, 0.2) is 4.79 Å². The molecule has 1 saturated carbocycles. The lowest BCUT2D eigenvalue weighted by Gasteiger charge is -2.31. The van der Waals surface area contributed by atoms with E-state index in [2.05, 4.69) is 11.2 Å². The van der Waals surface area contributed by atoms with E-state index in [0.29, 0.717) is 16.5 Å². The van der Waals surface area contributed by atoms with Crippen molar-refractivity contribution in [1.29, 1.82) is 0 Å². The molecule has 1 N–H and O–H groups in total. The third-order valence-corrected chi connectivity index (χ3v) is 5.42. The second-order valence-corrected chi connectivity index (χ2v) is 6.80. The van der Waals surface area contributed by atoms with Gasteiger partial charge in [-0.15, -0.1) is 0 Å². The summed E-state index contributed by atoms with van der Waals surface area (Å²) in [6, 6.07) is 0.143. The van der Waals surface area contributed by atoms with Crippen LogP contribution in [0.1, 0.15) is 48.7 Å². The van der Waals surface area contributed by atoms with Gasteiger partial charge in [0.25, 0.3) is 0 Å².